The molecule has 0 saturated heterocycles. The van der Waals surface area contributed by atoms with Gasteiger partial charge >= 0.3 is 0 Å². The molecule has 4 rings (SSSR count). The number of para-hydroxylation sites is 1. The van der Waals surface area contributed by atoms with Crippen molar-refractivity contribution in [2.24, 2.45) is 0 Å². The largest absolute Gasteiger partial charge is 0.329 e. The lowest BCUT2D eigenvalue weighted by atomic mass is 10.2. The third-order valence-electron chi connectivity index (χ3n) is 3.67. The zero-order chi connectivity index (χ0) is 15.1. The lowest BCUT2D eigenvalue weighted by Crippen LogP contribution is -2.12. The third kappa shape index (κ3) is 1.98. The molecule has 0 spiro atoms. The van der Waals surface area contributed by atoms with Crippen LogP contribution < -0.4 is 4.90 Å². The van der Waals surface area contributed by atoms with Crippen LogP contribution in [0.25, 0.3) is 16.7 Å². The first kappa shape index (κ1) is 13.0. The number of nitrogens with zero attached hydrogens (tertiary/aromatic N) is 5. The summed E-state index contributed by atoms with van der Waals surface area (Å²) in [6.45, 7) is 0. The molecule has 2 heterocycles. The fourth-order valence-corrected chi connectivity index (χ4v) is 2.67. The Morgan fingerprint density at radius 3 is 2.64 bits per heavy atom. The normalized spacial score (nSPS) is 11.2. The number of halogens is 1. The van der Waals surface area contributed by atoms with Crippen molar-refractivity contribution >= 4 is 39.8 Å². The number of anilines is 2. The molecular weight excluding hydrogens is 298 g/mol. The third-order valence-corrected chi connectivity index (χ3v) is 3.92. The summed E-state index contributed by atoms with van der Waals surface area (Å²) in [5.74, 6) is 1.41. The summed E-state index contributed by atoms with van der Waals surface area (Å²) in [5, 5.41) is 9.77. The van der Waals surface area contributed by atoms with E-state index in [-0.39, 0.29) is 0 Å². The van der Waals surface area contributed by atoms with Crippen LogP contribution in [0, 0.1) is 0 Å². The molecular formula is C16H12ClN5. The molecule has 0 aliphatic rings. The molecule has 0 radical (unpaired) electrons. The van der Waals surface area contributed by atoms with Crippen LogP contribution in [0.1, 0.15) is 0 Å². The van der Waals surface area contributed by atoms with Gasteiger partial charge in [-0.1, -0.05) is 23.7 Å². The van der Waals surface area contributed by atoms with Crippen molar-refractivity contribution in [2.75, 3.05) is 11.9 Å². The van der Waals surface area contributed by atoms with Gasteiger partial charge in [-0.05, 0) is 36.4 Å². The predicted molar refractivity (Wildman–Crippen MR) is 87.8 cm³/mol. The number of benzene rings is 2. The first-order valence-electron chi connectivity index (χ1n) is 6.82. The van der Waals surface area contributed by atoms with E-state index in [1.54, 1.807) is 6.33 Å². The second-order valence-electron chi connectivity index (χ2n) is 4.99. The van der Waals surface area contributed by atoms with Gasteiger partial charge in [0.1, 0.15) is 12.1 Å². The molecule has 2 aromatic carbocycles. The highest BCUT2D eigenvalue weighted by molar-refractivity contribution is 6.30. The number of hydrogen-bond acceptors (Lipinski definition) is 4. The Labute approximate surface area is 131 Å². The SMILES string of the molecule is CN(c1ccc(Cl)cc1)c1nc2nncn2c2ccccc12. The molecule has 0 unspecified atom stereocenters. The van der Waals surface area contributed by atoms with Crippen LogP contribution in [0.4, 0.5) is 11.5 Å². The first-order chi connectivity index (χ1) is 10.7. The Balaban J connectivity index is 1.97. The summed E-state index contributed by atoms with van der Waals surface area (Å²) in [7, 11) is 1.98. The zero-order valence-corrected chi connectivity index (χ0v) is 12.6. The van der Waals surface area contributed by atoms with Crippen LogP contribution in [0.5, 0.6) is 0 Å². The lowest BCUT2D eigenvalue weighted by Gasteiger charge is -2.20. The van der Waals surface area contributed by atoms with Crippen molar-refractivity contribution in [3.8, 4) is 0 Å². The monoisotopic (exact) mass is 309 g/mol. The highest BCUT2D eigenvalue weighted by Gasteiger charge is 2.13. The molecule has 108 valence electrons. The summed E-state index contributed by atoms with van der Waals surface area (Å²) in [6, 6.07) is 15.7. The molecule has 0 aliphatic heterocycles. The van der Waals surface area contributed by atoms with Crippen LogP contribution in [0.15, 0.2) is 54.9 Å². The van der Waals surface area contributed by atoms with Gasteiger partial charge in [0.05, 0.1) is 5.52 Å². The molecule has 2 aromatic heterocycles. The van der Waals surface area contributed by atoms with Gasteiger partial charge in [0.15, 0.2) is 0 Å². The smallest absolute Gasteiger partial charge is 0.257 e. The van der Waals surface area contributed by atoms with E-state index in [1.807, 2.05) is 64.9 Å². The lowest BCUT2D eigenvalue weighted by molar-refractivity contribution is 1.08. The van der Waals surface area contributed by atoms with E-state index in [4.69, 9.17) is 11.6 Å². The molecule has 0 amide bonds. The second kappa shape index (κ2) is 4.96. The van der Waals surface area contributed by atoms with Gasteiger partial charge < -0.3 is 4.90 Å². The molecule has 5 nitrogen and oxygen atoms in total. The summed E-state index contributed by atoms with van der Waals surface area (Å²) in [4.78, 5) is 6.67. The van der Waals surface area contributed by atoms with Crippen LogP contribution in [0.2, 0.25) is 5.02 Å². The van der Waals surface area contributed by atoms with Gasteiger partial charge in [-0.3, -0.25) is 4.40 Å². The van der Waals surface area contributed by atoms with Gasteiger partial charge in [0.25, 0.3) is 5.78 Å². The minimum Gasteiger partial charge on any atom is -0.329 e. The van der Waals surface area contributed by atoms with Crippen LogP contribution in [0.3, 0.4) is 0 Å². The summed E-state index contributed by atoms with van der Waals surface area (Å²) < 4.78 is 1.88. The summed E-state index contributed by atoms with van der Waals surface area (Å²) in [5.41, 5.74) is 2.03. The Bertz CT molecular complexity index is 961. The number of rotatable bonds is 2. The Hall–Kier alpha value is -2.66. The number of aromatic nitrogens is 4. The Kier molecular flexibility index (Phi) is 2.94. The molecule has 4 aromatic rings. The zero-order valence-electron chi connectivity index (χ0n) is 11.8. The van der Waals surface area contributed by atoms with Crippen LogP contribution in [-0.4, -0.2) is 26.6 Å². The van der Waals surface area contributed by atoms with E-state index in [1.165, 1.54) is 0 Å². The average molecular weight is 310 g/mol. The van der Waals surface area contributed by atoms with Gasteiger partial charge in [-0.25, -0.2) is 0 Å². The topological polar surface area (TPSA) is 46.3 Å². The Morgan fingerprint density at radius 2 is 1.82 bits per heavy atom. The van der Waals surface area contributed by atoms with Crippen molar-refractivity contribution in [3.63, 3.8) is 0 Å². The standard InChI is InChI=1S/C16H12ClN5/c1-21(12-8-6-11(17)7-9-12)15-13-4-2-3-5-14(13)22-10-18-20-16(22)19-15/h2-10H,1H3. The maximum atomic E-state index is 5.97. The van der Waals surface area contributed by atoms with E-state index in [0.29, 0.717) is 10.8 Å². The molecule has 0 aliphatic carbocycles. The molecule has 0 fully saturated rings. The van der Waals surface area contributed by atoms with E-state index in [9.17, 15) is 0 Å². The predicted octanol–water partition coefficient (Wildman–Crippen LogP) is 3.70. The summed E-state index contributed by atoms with van der Waals surface area (Å²) in [6.07, 6.45) is 1.68. The van der Waals surface area contributed by atoms with E-state index >= 15 is 0 Å². The van der Waals surface area contributed by atoms with E-state index in [0.717, 1.165) is 22.4 Å². The maximum Gasteiger partial charge on any atom is 0.257 e. The molecule has 0 N–H and O–H groups in total. The van der Waals surface area contributed by atoms with Gasteiger partial charge in [0.2, 0.25) is 0 Å². The fourth-order valence-electron chi connectivity index (χ4n) is 2.55. The van der Waals surface area contributed by atoms with Gasteiger partial charge in [-0.15, -0.1) is 10.2 Å². The molecule has 0 atom stereocenters. The van der Waals surface area contributed by atoms with Crippen molar-refractivity contribution < 1.29 is 0 Å². The van der Waals surface area contributed by atoms with Crippen molar-refractivity contribution in [2.45, 2.75) is 0 Å². The molecule has 0 saturated carbocycles. The second-order valence-corrected chi connectivity index (χ2v) is 5.43. The van der Waals surface area contributed by atoms with Gasteiger partial charge in [0, 0.05) is 23.1 Å². The van der Waals surface area contributed by atoms with Crippen LogP contribution >= 0.6 is 11.6 Å². The average Bonchev–Trinajstić information content (AvgIpc) is 3.03. The van der Waals surface area contributed by atoms with Crippen molar-refractivity contribution in [1.82, 2.24) is 19.6 Å². The molecule has 0 bridgehead atoms. The van der Waals surface area contributed by atoms with Crippen molar-refractivity contribution in [3.05, 3.63) is 59.9 Å². The highest BCUT2D eigenvalue weighted by Crippen LogP contribution is 2.30. The Morgan fingerprint density at radius 1 is 1.05 bits per heavy atom. The van der Waals surface area contributed by atoms with E-state index < -0.39 is 0 Å². The van der Waals surface area contributed by atoms with Crippen LogP contribution in [-0.2, 0) is 0 Å². The number of fused-ring (bicyclic) bond motifs is 3. The minimum atomic E-state index is 0.578. The number of hydrogen-bond donors (Lipinski definition) is 0. The van der Waals surface area contributed by atoms with Gasteiger partial charge in [-0.2, -0.15) is 4.98 Å². The first-order valence-corrected chi connectivity index (χ1v) is 7.19. The highest BCUT2D eigenvalue weighted by atomic mass is 35.5. The van der Waals surface area contributed by atoms with E-state index in [2.05, 4.69) is 15.2 Å². The van der Waals surface area contributed by atoms with Crippen molar-refractivity contribution in [1.29, 1.82) is 0 Å². The quantitative estimate of drug-likeness (QED) is 0.566. The maximum absolute atomic E-state index is 5.97. The fraction of sp³-hybridized carbons (Fsp3) is 0.0625. The minimum absolute atomic E-state index is 0.578. The summed E-state index contributed by atoms with van der Waals surface area (Å²) >= 11 is 5.97. The molecule has 22 heavy (non-hydrogen) atoms. The molecule has 6 heteroatoms.